The van der Waals surface area contributed by atoms with Crippen LogP contribution < -0.4 is 5.73 Å². The zero-order chi connectivity index (χ0) is 12.4. The highest BCUT2D eigenvalue weighted by Crippen LogP contribution is 2.26. The van der Waals surface area contributed by atoms with E-state index in [0.29, 0.717) is 17.3 Å². The maximum absolute atomic E-state index is 6.12. The normalized spacial score (nSPS) is 12.7. The van der Waals surface area contributed by atoms with Gasteiger partial charge in [0, 0.05) is 22.0 Å². The van der Waals surface area contributed by atoms with Crippen LogP contribution in [0.2, 0.25) is 5.02 Å². The van der Waals surface area contributed by atoms with E-state index in [1.54, 1.807) is 7.05 Å². The molecule has 0 aliphatic heterocycles. The van der Waals surface area contributed by atoms with Crippen molar-refractivity contribution in [1.29, 1.82) is 0 Å². The van der Waals surface area contributed by atoms with Gasteiger partial charge in [-0.1, -0.05) is 33.6 Å². The number of aryl methyl sites for hydroxylation is 1. The second kappa shape index (κ2) is 5.12. The maximum Gasteiger partial charge on any atom is 0.176 e. The fraction of sp³-hybridized carbons (Fsp3) is 0.300. The van der Waals surface area contributed by atoms with Gasteiger partial charge < -0.3 is 5.73 Å². The van der Waals surface area contributed by atoms with E-state index in [-0.39, 0.29) is 6.04 Å². The minimum absolute atomic E-state index is 0.236. The largest absolute Gasteiger partial charge is 0.324 e. The van der Waals surface area contributed by atoms with Crippen molar-refractivity contribution in [2.45, 2.75) is 12.5 Å². The average Bonchev–Trinajstić information content (AvgIpc) is 2.63. The summed E-state index contributed by atoms with van der Waals surface area (Å²) in [5, 5.41) is 12.4. The predicted molar refractivity (Wildman–Crippen MR) is 68.6 cm³/mol. The summed E-state index contributed by atoms with van der Waals surface area (Å²) in [6, 6.07) is 5.39. The average molecular weight is 317 g/mol. The van der Waals surface area contributed by atoms with Gasteiger partial charge in [-0.2, -0.15) is 4.80 Å². The lowest BCUT2D eigenvalue weighted by atomic mass is 10.0. The number of nitrogens with zero attached hydrogens (tertiary/aromatic N) is 4. The summed E-state index contributed by atoms with van der Waals surface area (Å²) in [7, 11) is 1.72. The van der Waals surface area contributed by atoms with Crippen LogP contribution in [0.15, 0.2) is 22.7 Å². The van der Waals surface area contributed by atoms with Crippen molar-refractivity contribution in [2.75, 3.05) is 0 Å². The molecule has 2 N–H and O–H groups in total. The molecule has 1 aromatic carbocycles. The van der Waals surface area contributed by atoms with Crippen molar-refractivity contribution < 1.29 is 0 Å². The van der Waals surface area contributed by atoms with E-state index in [0.717, 1.165) is 10.0 Å². The van der Waals surface area contributed by atoms with Crippen LogP contribution in [0.1, 0.15) is 17.4 Å². The van der Waals surface area contributed by atoms with Crippen LogP contribution in [-0.2, 0) is 13.5 Å². The van der Waals surface area contributed by atoms with Crippen LogP contribution >= 0.6 is 27.5 Å². The Hall–Kier alpha value is -0.980. The highest BCUT2D eigenvalue weighted by Gasteiger charge is 2.13. The van der Waals surface area contributed by atoms with Gasteiger partial charge in [-0.05, 0) is 22.9 Å². The van der Waals surface area contributed by atoms with Crippen LogP contribution in [0, 0.1) is 0 Å². The monoisotopic (exact) mass is 315 g/mol. The van der Waals surface area contributed by atoms with Gasteiger partial charge in [-0.15, -0.1) is 10.2 Å². The molecule has 0 aliphatic rings. The first-order chi connectivity index (χ1) is 8.06. The third kappa shape index (κ3) is 3.02. The molecule has 1 atom stereocenters. The van der Waals surface area contributed by atoms with Gasteiger partial charge in [-0.25, -0.2) is 0 Å². The van der Waals surface area contributed by atoms with Crippen LogP contribution in [0.3, 0.4) is 0 Å². The summed E-state index contributed by atoms with van der Waals surface area (Å²) < 4.78 is 0.927. The third-order valence-corrected chi connectivity index (χ3v) is 3.13. The number of tetrazole rings is 1. The van der Waals surface area contributed by atoms with Gasteiger partial charge in [0.1, 0.15) is 0 Å². The molecule has 0 saturated heterocycles. The first kappa shape index (κ1) is 12.5. The first-order valence-corrected chi connectivity index (χ1v) is 6.17. The molecule has 1 aromatic heterocycles. The lowest BCUT2D eigenvalue weighted by molar-refractivity contribution is 0.622. The summed E-state index contributed by atoms with van der Waals surface area (Å²) in [6.07, 6.45) is 0.509. The summed E-state index contributed by atoms with van der Waals surface area (Å²) >= 11 is 9.48. The number of aromatic nitrogens is 4. The molecule has 2 rings (SSSR count). The molecule has 0 radical (unpaired) electrons. The quantitative estimate of drug-likeness (QED) is 0.938. The van der Waals surface area contributed by atoms with E-state index in [4.69, 9.17) is 17.3 Å². The summed E-state index contributed by atoms with van der Waals surface area (Å²) in [5.41, 5.74) is 6.95. The molecular weight excluding hydrogens is 306 g/mol. The van der Waals surface area contributed by atoms with Gasteiger partial charge in [0.15, 0.2) is 5.82 Å². The van der Waals surface area contributed by atoms with Gasteiger partial charge >= 0.3 is 0 Å². The molecule has 17 heavy (non-hydrogen) atoms. The first-order valence-electron chi connectivity index (χ1n) is 4.99. The zero-order valence-electron chi connectivity index (χ0n) is 9.14. The molecule has 90 valence electrons. The Labute approximate surface area is 112 Å². The lowest BCUT2D eigenvalue weighted by Gasteiger charge is -2.11. The highest BCUT2D eigenvalue weighted by molar-refractivity contribution is 9.10. The Morgan fingerprint density at radius 3 is 2.88 bits per heavy atom. The van der Waals surface area contributed by atoms with Crippen LogP contribution in [-0.4, -0.2) is 20.2 Å². The SMILES string of the molecule is Cn1nnc(CC(N)c2ccc(Br)cc2Cl)n1. The van der Waals surface area contributed by atoms with Crippen LogP contribution in [0.5, 0.6) is 0 Å². The van der Waals surface area contributed by atoms with Crippen LogP contribution in [0.25, 0.3) is 0 Å². The number of hydrogen-bond acceptors (Lipinski definition) is 4. The second-order valence-electron chi connectivity index (χ2n) is 3.67. The van der Waals surface area contributed by atoms with Gasteiger partial charge in [0.05, 0.1) is 7.05 Å². The third-order valence-electron chi connectivity index (χ3n) is 2.31. The summed E-state index contributed by atoms with van der Waals surface area (Å²) in [4.78, 5) is 1.41. The van der Waals surface area contributed by atoms with Gasteiger partial charge in [0.2, 0.25) is 0 Å². The Morgan fingerprint density at radius 2 is 2.29 bits per heavy atom. The van der Waals surface area contributed by atoms with Crippen LogP contribution in [0.4, 0.5) is 0 Å². The smallest absolute Gasteiger partial charge is 0.176 e. The van der Waals surface area contributed by atoms with Gasteiger partial charge in [0.25, 0.3) is 0 Å². The second-order valence-corrected chi connectivity index (χ2v) is 4.99. The van der Waals surface area contributed by atoms with Crippen molar-refractivity contribution in [3.63, 3.8) is 0 Å². The molecule has 2 aromatic rings. The van der Waals surface area contributed by atoms with E-state index in [2.05, 4.69) is 31.3 Å². The molecule has 1 unspecified atom stereocenters. The topological polar surface area (TPSA) is 69.6 Å². The van der Waals surface area contributed by atoms with E-state index < -0.39 is 0 Å². The number of benzene rings is 1. The van der Waals surface area contributed by atoms with E-state index >= 15 is 0 Å². The molecule has 1 heterocycles. The standard InChI is InChI=1S/C10H11BrClN5/c1-17-15-10(14-16-17)5-9(13)7-3-2-6(11)4-8(7)12/h2-4,9H,5,13H2,1H3. The van der Waals surface area contributed by atoms with Crippen molar-refractivity contribution >= 4 is 27.5 Å². The number of halogens is 2. The van der Waals surface area contributed by atoms with E-state index in [9.17, 15) is 0 Å². The number of rotatable bonds is 3. The predicted octanol–water partition coefficient (Wildman–Crippen LogP) is 1.87. The maximum atomic E-state index is 6.12. The zero-order valence-corrected chi connectivity index (χ0v) is 11.5. The Balaban J connectivity index is 2.17. The molecule has 0 saturated carbocycles. The van der Waals surface area contributed by atoms with Crippen molar-refractivity contribution in [3.8, 4) is 0 Å². The minimum Gasteiger partial charge on any atom is -0.324 e. The Kier molecular flexibility index (Phi) is 3.76. The molecule has 7 heteroatoms. The number of hydrogen-bond donors (Lipinski definition) is 1. The van der Waals surface area contributed by atoms with Crippen molar-refractivity contribution in [2.24, 2.45) is 12.8 Å². The minimum atomic E-state index is -0.236. The molecule has 0 bridgehead atoms. The molecule has 0 spiro atoms. The Bertz CT molecular complexity index is 527. The molecule has 5 nitrogen and oxygen atoms in total. The molecule has 0 amide bonds. The summed E-state index contributed by atoms with van der Waals surface area (Å²) in [6.45, 7) is 0. The van der Waals surface area contributed by atoms with Crippen molar-refractivity contribution in [3.05, 3.63) is 39.1 Å². The molecule has 0 aliphatic carbocycles. The number of nitrogens with two attached hydrogens (primary N) is 1. The summed E-state index contributed by atoms with van der Waals surface area (Å²) in [5.74, 6) is 0.610. The Morgan fingerprint density at radius 1 is 1.53 bits per heavy atom. The fourth-order valence-electron chi connectivity index (χ4n) is 1.51. The lowest BCUT2D eigenvalue weighted by Crippen LogP contribution is -2.15. The van der Waals surface area contributed by atoms with E-state index in [1.165, 1.54) is 4.80 Å². The van der Waals surface area contributed by atoms with E-state index in [1.807, 2.05) is 18.2 Å². The fourth-order valence-corrected chi connectivity index (χ4v) is 2.33. The van der Waals surface area contributed by atoms with Crippen molar-refractivity contribution in [1.82, 2.24) is 20.2 Å². The highest BCUT2D eigenvalue weighted by atomic mass is 79.9. The molecular formula is C10H11BrClN5. The molecule has 0 fully saturated rings. The van der Waals surface area contributed by atoms with Gasteiger partial charge in [-0.3, -0.25) is 0 Å².